The summed E-state index contributed by atoms with van der Waals surface area (Å²) in [4.78, 5) is 4.67. The lowest BCUT2D eigenvalue weighted by Gasteiger charge is -2.35. The average Bonchev–Trinajstić information content (AvgIpc) is 2.63. The number of rotatable bonds is 5. The van der Waals surface area contributed by atoms with Crippen molar-refractivity contribution in [3.8, 4) is 11.1 Å². The Bertz CT molecular complexity index is 754. The summed E-state index contributed by atoms with van der Waals surface area (Å²) in [5.74, 6) is 0. The first-order valence-corrected chi connectivity index (χ1v) is 9.86. The molecular weight excluding hydrogens is 347 g/mol. The van der Waals surface area contributed by atoms with Gasteiger partial charge in [0.05, 0.1) is 5.02 Å². The third kappa shape index (κ3) is 4.05. The summed E-state index contributed by atoms with van der Waals surface area (Å²) < 4.78 is 14.9. The molecule has 4 heteroatoms. The number of nitrogens with zero attached hydrogens (tertiary/aromatic N) is 2. The van der Waals surface area contributed by atoms with Gasteiger partial charge in [-0.2, -0.15) is 0 Å². The number of aryl methyl sites for hydroxylation is 1. The summed E-state index contributed by atoms with van der Waals surface area (Å²) in [5.41, 5.74) is 4.88. The maximum Gasteiger partial charge on any atom is 0.127 e. The molecule has 1 atom stereocenters. The Morgan fingerprint density at radius 3 is 2.42 bits per heavy atom. The number of piperazine rings is 1. The predicted octanol–water partition coefficient (Wildman–Crippen LogP) is 5.88. The van der Waals surface area contributed by atoms with Gasteiger partial charge in [0.1, 0.15) is 6.17 Å². The van der Waals surface area contributed by atoms with E-state index in [9.17, 15) is 4.39 Å². The third-order valence-electron chi connectivity index (χ3n) is 5.27. The van der Waals surface area contributed by atoms with Crippen molar-refractivity contribution in [3.05, 3.63) is 52.5 Å². The minimum Gasteiger partial charge on any atom is -0.369 e. The molecule has 1 saturated heterocycles. The Hall–Kier alpha value is -1.58. The van der Waals surface area contributed by atoms with Crippen molar-refractivity contribution in [2.75, 3.05) is 38.1 Å². The lowest BCUT2D eigenvalue weighted by atomic mass is 9.95. The molecule has 0 N–H and O–H groups in total. The molecule has 2 aromatic rings. The molecule has 1 aliphatic rings. The standard InChI is InChI=1S/C22H28ClFN2/c1-4-7-21(24)20-15-17(26-12-10-25(3)11-13-26)14-19(22(20)23)18-9-6-5-8-16(18)2/h5-6,8-9,14-15,21H,4,7,10-13H2,1-3H3. The number of likely N-dealkylation sites (N-methyl/N-ethyl adjacent to an activating group) is 1. The second-order valence-electron chi connectivity index (χ2n) is 7.26. The highest BCUT2D eigenvalue weighted by Crippen LogP contribution is 2.41. The zero-order chi connectivity index (χ0) is 18.7. The fourth-order valence-electron chi connectivity index (χ4n) is 3.59. The molecular formula is C22H28ClFN2. The van der Waals surface area contributed by atoms with Gasteiger partial charge in [-0.15, -0.1) is 0 Å². The molecule has 0 spiro atoms. The number of benzene rings is 2. The summed E-state index contributed by atoms with van der Waals surface area (Å²) in [7, 11) is 2.14. The van der Waals surface area contributed by atoms with Gasteiger partial charge in [-0.3, -0.25) is 0 Å². The Kier molecular flexibility index (Phi) is 6.20. The molecule has 0 bridgehead atoms. The minimum atomic E-state index is -1.03. The van der Waals surface area contributed by atoms with Crippen molar-refractivity contribution in [2.24, 2.45) is 0 Å². The summed E-state index contributed by atoms with van der Waals surface area (Å²) >= 11 is 6.71. The van der Waals surface area contributed by atoms with E-state index in [4.69, 9.17) is 11.6 Å². The number of alkyl halides is 1. The lowest BCUT2D eigenvalue weighted by Crippen LogP contribution is -2.44. The average molecular weight is 375 g/mol. The second kappa shape index (κ2) is 8.41. The van der Waals surface area contributed by atoms with Gasteiger partial charge in [-0.1, -0.05) is 49.2 Å². The quantitative estimate of drug-likeness (QED) is 0.645. The summed E-state index contributed by atoms with van der Waals surface area (Å²) in [6, 6.07) is 12.3. The van der Waals surface area contributed by atoms with E-state index in [-0.39, 0.29) is 0 Å². The van der Waals surface area contributed by atoms with Gasteiger partial charge in [0.25, 0.3) is 0 Å². The van der Waals surface area contributed by atoms with Crippen LogP contribution >= 0.6 is 11.6 Å². The van der Waals surface area contributed by atoms with Gasteiger partial charge >= 0.3 is 0 Å². The monoisotopic (exact) mass is 374 g/mol. The van der Waals surface area contributed by atoms with Crippen molar-refractivity contribution in [2.45, 2.75) is 32.9 Å². The van der Waals surface area contributed by atoms with E-state index >= 15 is 0 Å². The van der Waals surface area contributed by atoms with Crippen LogP contribution in [0.1, 0.15) is 37.1 Å². The fraction of sp³-hybridized carbons (Fsp3) is 0.455. The highest BCUT2D eigenvalue weighted by Gasteiger charge is 2.22. The first kappa shape index (κ1) is 19.2. The molecule has 0 amide bonds. The van der Waals surface area contributed by atoms with Crippen molar-refractivity contribution < 1.29 is 4.39 Å². The maximum atomic E-state index is 14.9. The minimum absolute atomic E-state index is 0.499. The molecule has 1 unspecified atom stereocenters. The number of anilines is 1. The van der Waals surface area contributed by atoms with Crippen LogP contribution in [0.4, 0.5) is 10.1 Å². The van der Waals surface area contributed by atoms with Crippen LogP contribution in [0, 0.1) is 6.92 Å². The number of halogens is 2. The van der Waals surface area contributed by atoms with Gasteiger partial charge in [-0.05, 0) is 43.7 Å². The van der Waals surface area contributed by atoms with Crippen LogP contribution in [-0.2, 0) is 0 Å². The van der Waals surface area contributed by atoms with E-state index in [2.05, 4.69) is 42.0 Å². The van der Waals surface area contributed by atoms with E-state index in [1.54, 1.807) is 0 Å². The van der Waals surface area contributed by atoms with E-state index in [0.29, 0.717) is 17.0 Å². The molecule has 0 radical (unpaired) electrons. The Labute approximate surface area is 161 Å². The maximum absolute atomic E-state index is 14.9. The predicted molar refractivity (Wildman–Crippen MR) is 110 cm³/mol. The molecule has 1 aliphatic heterocycles. The van der Waals surface area contributed by atoms with Crippen molar-refractivity contribution in [1.29, 1.82) is 0 Å². The first-order valence-electron chi connectivity index (χ1n) is 9.48. The topological polar surface area (TPSA) is 6.48 Å². The molecule has 1 fully saturated rings. The Morgan fingerprint density at radius 2 is 1.77 bits per heavy atom. The second-order valence-corrected chi connectivity index (χ2v) is 7.64. The van der Waals surface area contributed by atoms with E-state index in [1.807, 2.05) is 25.1 Å². The molecule has 0 aromatic heterocycles. The van der Waals surface area contributed by atoms with Crippen molar-refractivity contribution in [1.82, 2.24) is 4.90 Å². The molecule has 1 heterocycles. The molecule has 0 saturated carbocycles. The van der Waals surface area contributed by atoms with Crippen molar-refractivity contribution >= 4 is 17.3 Å². The smallest absolute Gasteiger partial charge is 0.127 e. The Balaban J connectivity index is 2.09. The van der Waals surface area contributed by atoms with E-state index < -0.39 is 6.17 Å². The first-order chi connectivity index (χ1) is 12.5. The van der Waals surface area contributed by atoms with Crippen LogP contribution in [0.3, 0.4) is 0 Å². The number of hydrogen-bond acceptors (Lipinski definition) is 2. The molecule has 26 heavy (non-hydrogen) atoms. The van der Waals surface area contributed by atoms with Crippen LogP contribution in [0.15, 0.2) is 36.4 Å². The fourth-order valence-corrected chi connectivity index (χ4v) is 3.92. The van der Waals surface area contributed by atoms with Crippen LogP contribution in [0.5, 0.6) is 0 Å². The van der Waals surface area contributed by atoms with Gasteiger partial charge in [0.15, 0.2) is 0 Å². The lowest BCUT2D eigenvalue weighted by molar-refractivity contribution is 0.312. The van der Waals surface area contributed by atoms with Crippen LogP contribution in [-0.4, -0.2) is 38.1 Å². The third-order valence-corrected chi connectivity index (χ3v) is 5.69. The molecule has 140 valence electrons. The van der Waals surface area contributed by atoms with E-state index in [1.165, 1.54) is 0 Å². The largest absolute Gasteiger partial charge is 0.369 e. The Morgan fingerprint density at radius 1 is 1.08 bits per heavy atom. The van der Waals surface area contributed by atoms with Gasteiger partial charge in [0.2, 0.25) is 0 Å². The summed E-state index contributed by atoms with van der Waals surface area (Å²) in [6.45, 7) is 8.03. The number of hydrogen-bond donors (Lipinski definition) is 0. The molecule has 0 aliphatic carbocycles. The SMILES string of the molecule is CCCC(F)c1cc(N2CCN(C)CC2)cc(-c2ccccc2C)c1Cl. The van der Waals surface area contributed by atoms with E-state index in [0.717, 1.165) is 55.0 Å². The van der Waals surface area contributed by atoms with Crippen LogP contribution < -0.4 is 4.90 Å². The zero-order valence-electron chi connectivity index (χ0n) is 15.9. The van der Waals surface area contributed by atoms with Gasteiger partial charge in [-0.25, -0.2) is 4.39 Å². The highest BCUT2D eigenvalue weighted by atomic mass is 35.5. The summed E-state index contributed by atoms with van der Waals surface area (Å²) in [6.07, 6.45) is 0.275. The molecule has 3 rings (SSSR count). The summed E-state index contributed by atoms with van der Waals surface area (Å²) in [5, 5.41) is 0.554. The van der Waals surface area contributed by atoms with Gasteiger partial charge in [0, 0.05) is 43.0 Å². The molecule has 2 aromatic carbocycles. The van der Waals surface area contributed by atoms with Crippen LogP contribution in [0.2, 0.25) is 5.02 Å². The highest BCUT2D eigenvalue weighted by molar-refractivity contribution is 6.34. The van der Waals surface area contributed by atoms with Crippen molar-refractivity contribution in [3.63, 3.8) is 0 Å². The van der Waals surface area contributed by atoms with Crippen LogP contribution in [0.25, 0.3) is 11.1 Å². The normalized spacial score (nSPS) is 16.7. The zero-order valence-corrected chi connectivity index (χ0v) is 16.7. The van der Waals surface area contributed by atoms with Gasteiger partial charge < -0.3 is 9.80 Å². The molecule has 2 nitrogen and oxygen atoms in total.